The highest BCUT2D eigenvalue weighted by molar-refractivity contribution is 9.10. The third-order valence-electron chi connectivity index (χ3n) is 6.30. The molecule has 5 heteroatoms. The van der Waals surface area contributed by atoms with Crippen molar-refractivity contribution >= 4 is 27.5 Å². The van der Waals surface area contributed by atoms with Crippen molar-refractivity contribution in [3.63, 3.8) is 0 Å². The topological polar surface area (TPSA) is 44.4 Å². The third kappa shape index (κ3) is 5.00. The minimum Gasteiger partial charge on any atom is -0.369 e. The van der Waals surface area contributed by atoms with Gasteiger partial charge in [-0.2, -0.15) is 0 Å². The van der Waals surface area contributed by atoms with Crippen LogP contribution >= 0.6 is 15.9 Å². The van der Waals surface area contributed by atoms with Crippen molar-refractivity contribution in [2.45, 2.75) is 65.8 Å². The number of carbonyl (C=O) groups excluding carboxylic acids is 1. The van der Waals surface area contributed by atoms with Gasteiger partial charge in [-0.1, -0.05) is 41.8 Å². The number of carbonyl (C=O) groups is 1. The summed E-state index contributed by atoms with van der Waals surface area (Å²) in [5, 5.41) is 6.36. The zero-order valence-corrected chi connectivity index (χ0v) is 20.3. The molecule has 4 nitrogen and oxygen atoms in total. The Morgan fingerprint density at radius 2 is 1.93 bits per heavy atom. The van der Waals surface area contributed by atoms with Crippen LogP contribution in [0.1, 0.15) is 68.8 Å². The van der Waals surface area contributed by atoms with Gasteiger partial charge < -0.3 is 15.5 Å². The van der Waals surface area contributed by atoms with Crippen molar-refractivity contribution < 1.29 is 4.79 Å². The lowest BCUT2D eigenvalue weighted by molar-refractivity contribution is 0.0956. The summed E-state index contributed by atoms with van der Waals surface area (Å²) in [6, 6.07) is 4.66. The SMILES string of the molecule is C=C1NC(C)=CC(C)=C1CNC(=O)c1cc(Br)cc(N(CC)C2CCCCC2)c1C. The summed E-state index contributed by atoms with van der Waals surface area (Å²) in [6.45, 7) is 13.9. The highest BCUT2D eigenvalue weighted by Crippen LogP contribution is 2.33. The lowest BCUT2D eigenvalue weighted by Crippen LogP contribution is -2.37. The lowest BCUT2D eigenvalue weighted by atomic mass is 9.93. The van der Waals surface area contributed by atoms with Crippen LogP contribution in [0.15, 0.2) is 51.8 Å². The molecule has 0 bridgehead atoms. The lowest BCUT2D eigenvalue weighted by Gasteiger charge is -2.36. The zero-order chi connectivity index (χ0) is 21.8. The summed E-state index contributed by atoms with van der Waals surface area (Å²) < 4.78 is 0.945. The first-order valence-corrected chi connectivity index (χ1v) is 11.8. The van der Waals surface area contributed by atoms with Gasteiger partial charge in [0, 0.05) is 46.2 Å². The number of rotatable bonds is 6. The Labute approximate surface area is 189 Å². The van der Waals surface area contributed by atoms with Gasteiger partial charge in [0.05, 0.1) is 0 Å². The van der Waals surface area contributed by atoms with Gasteiger partial charge in [0.25, 0.3) is 5.91 Å². The smallest absolute Gasteiger partial charge is 0.251 e. The second-order valence-corrected chi connectivity index (χ2v) is 9.37. The molecule has 162 valence electrons. The van der Waals surface area contributed by atoms with Crippen LogP contribution in [0.2, 0.25) is 0 Å². The standard InChI is InChI=1S/C25H34BrN3O/c1-6-29(21-10-8-7-9-11-21)24-14-20(26)13-22(18(24)4)25(30)27-15-23-16(2)12-17(3)28-19(23)5/h12-14,21,28H,5-11,15H2,1-4H3,(H,27,30). The quantitative estimate of drug-likeness (QED) is 0.535. The molecule has 0 aromatic heterocycles. The molecule has 1 aromatic carbocycles. The van der Waals surface area contributed by atoms with Crippen LogP contribution < -0.4 is 15.5 Å². The van der Waals surface area contributed by atoms with E-state index in [1.54, 1.807) is 0 Å². The normalized spacial score (nSPS) is 17.5. The van der Waals surface area contributed by atoms with E-state index in [2.05, 4.69) is 71.0 Å². The number of benzene rings is 1. The number of halogens is 1. The van der Waals surface area contributed by atoms with E-state index in [1.807, 2.05) is 13.0 Å². The molecular formula is C25H34BrN3O. The van der Waals surface area contributed by atoms with E-state index in [0.717, 1.165) is 44.7 Å². The van der Waals surface area contributed by atoms with Crippen molar-refractivity contribution in [3.05, 3.63) is 62.9 Å². The number of nitrogens with one attached hydrogen (secondary N) is 2. The van der Waals surface area contributed by atoms with E-state index in [4.69, 9.17) is 0 Å². The minimum absolute atomic E-state index is 0.0471. The monoisotopic (exact) mass is 471 g/mol. The summed E-state index contributed by atoms with van der Waals surface area (Å²) >= 11 is 3.64. The second kappa shape index (κ2) is 9.86. The Hall–Kier alpha value is -2.01. The molecule has 0 atom stereocenters. The molecule has 2 aliphatic rings. The van der Waals surface area contributed by atoms with E-state index in [9.17, 15) is 4.79 Å². The van der Waals surface area contributed by atoms with Crippen molar-refractivity contribution in [3.8, 4) is 0 Å². The van der Waals surface area contributed by atoms with Crippen molar-refractivity contribution in [1.82, 2.24) is 10.6 Å². The molecule has 1 fully saturated rings. The maximum absolute atomic E-state index is 13.1. The molecule has 0 spiro atoms. The number of allylic oxidation sites excluding steroid dienone is 3. The van der Waals surface area contributed by atoms with Crippen LogP contribution in [0, 0.1) is 6.92 Å². The maximum Gasteiger partial charge on any atom is 0.251 e. The summed E-state index contributed by atoms with van der Waals surface area (Å²) in [6.07, 6.45) is 8.47. The van der Waals surface area contributed by atoms with Crippen molar-refractivity contribution in [1.29, 1.82) is 0 Å². The molecule has 1 amide bonds. The van der Waals surface area contributed by atoms with Gasteiger partial charge in [0.1, 0.15) is 0 Å². The van der Waals surface area contributed by atoms with Gasteiger partial charge in [0.15, 0.2) is 0 Å². The highest BCUT2D eigenvalue weighted by atomic mass is 79.9. The molecule has 1 aliphatic carbocycles. The molecule has 0 radical (unpaired) electrons. The zero-order valence-electron chi connectivity index (χ0n) is 18.7. The van der Waals surface area contributed by atoms with E-state index < -0.39 is 0 Å². The van der Waals surface area contributed by atoms with Gasteiger partial charge in [-0.15, -0.1) is 0 Å². The summed E-state index contributed by atoms with van der Waals surface area (Å²) in [5.41, 5.74) is 7.05. The Kier molecular flexibility index (Phi) is 7.45. The summed E-state index contributed by atoms with van der Waals surface area (Å²) in [5.74, 6) is -0.0471. The fraction of sp³-hybridized carbons (Fsp3) is 0.480. The van der Waals surface area contributed by atoms with E-state index in [0.29, 0.717) is 12.6 Å². The van der Waals surface area contributed by atoms with Crippen LogP contribution in [0.25, 0.3) is 0 Å². The Balaban J connectivity index is 1.83. The molecule has 3 rings (SSSR count). The average Bonchev–Trinajstić information content (AvgIpc) is 2.70. The molecule has 2 N–H and O–H groups in total. The van der Waals surface area contributed by atoms with Gasteiger partial charge in [-0.25, -0.2) is 0 Å². The van der Waals surface area contributed by atoms with Crippen LogP contribution in [0.4, 0.5) is 5.69 Å². The van der Waals surface area contributed by atoms with Crippen molar-refractivity contribution in [2.24, 2.45) is 0 Å². The largest absolute Gasteiger partial charge is 0.369 e. The Morgan fingerprint density at radius 3 is 2.57 bits per heavy atom. The first-order chi connectivity index (χ1) is 14.3. The van der Waals surface area contributed by atoms with E-state index >= 15 is 0 Å². The first-order valence-electron chi connectivity index (χ1n) is 11.0. The molecule has 0 unspecified atom stereocenters. The fourth-order valence-corrected chi connectivity index (χ4v) is 5.17. The molecule has 1 saturated carbocycles. The summed E-state index contributed by atoms with van der Waals surface area (Å²) in [7, 11) is 0. The van der Waals surface area contributed by atoms with Crippen LogP contribution in [-0.4, -0.2) is 25.0 Å². The molecule has 0 saturated heterocycles. The number of hydrogen-bond donors (Lipinski definition) is 2. The predicted molar refractivity (Wildman–Crippen MR) is 130 cm³/mol. The Bertz CT molecular complexity index is 894. The molecule has 30 heavy (non-hydrogen) atoms. The second-order valence-electron chi connectivity index (χ2n) is 8.45. The first kappa shape index (κ1) is 22.7. The van der Waals surface area contributed by atoms with Gasteiger partial charge in [-0.3, -0.25) is 4.79 Å². The average molecular weight is 472 g/mol. The molecule has 1 heterocycles. The number of amides is 1. The number of dihydropyridines is 1. The summed E-state index contributed by atoms with van der Waals surface area (Å²) in [4.78, 5) is 15.6. The fourth-order valence-electron chi connectivity index (χ4n) is 4.73. The van der Waals surface area contributed by atoms with Gasteiger partial charge >= 0.3 is 0 Å². The van der Waals surface area contributed by atoms with Crippen LogP contribution in [-0.2, 0) is 0 Å². The molecule has 1 aromatic rings. The molecule has 1 aliphatic heterocycles. The minimum atomic E-state index is -0.0471. The van der Waals surface area contributed by atoms with E-state index in [1.165, 1.54) is 37.8 Å². The van der Waals surface area contributed by atoms with Gasteiger partial charge in [-0.05, 0) is 75.5 Å². The van der Waals surface area contributed by atoms with E-state index in [-0.39, 0.29) is 5.91 Å². The number of nitrogens with zero attached hydrogens (tertiary/aromatic N) is 1. The molecular weight excluding hydrogens is 438 g/mol. The number of hydrogen-bond acceptors (Lipinski definition) is 3. The Morgan fingerprint density at radius 1 is 1.23 bits per heavy atom. The van der Waals surface area contributed by atoms with Crippen LogP contribution in [0.5, 0.6) is 0 Å². The van der Waals surface area contributed by atoms with Crippen LogP contribution in [0.3, 0.4) is 0 Å². The van der Waals surface area contributed by atoms with Crippen molar-refractivity contribution in [2.75, 3.05) is 18.0 Å². The highest BCUT2D eigenvalue weighted by Gasteiger charge is 2.24. The third-order valence-corrected chi connectivity index (χ3v) is 6.76. The predicted octanol–water partition coefficient (Wildman–Crippen LogP) is 5.98. The maximum atomic E-state index is 13.1. The van der Waals surface area contributed by atoms with Gasteiger partial charge in [0.2, 0.25) is 0 Å². The number of anilines is 1.